The fraction of sp³-hybridized carbons (Fsp3) is 0.440. The van der Waals surface area contributed by atoms with Crippen molar-refractivity contribution in [2.24, 2.45) is 0 Å². The van der Waals surface area contributed by atoms with E-state index in [2.05, 4.69) is 5.32 Å². The summed E-state index contributed by atoms with van der Waals surface area (Å²) in [5, 5.41) is 3.34. The Kier molecular flexibility index (Phi) is 10.9. The summed E-state index contributed by atoms with van der Waals surface area (Å²) in [5.74, 6) is -0.241. The topological polar surface area (TPSA) is 96.0 Å². The van der Waals surface area contributed by atoms with Crippen molar-refractivity contribution in [3.63, 3.8) is 0 Å². The van der Waals surface area contributed by atoms with Gasteiger partial charge in [0.15, 0.2) is 0 Å². The number of anilines is 1. The molecule has 0 aliphatic carbocycles. The van der Waals surface area contributed by atoms with E-state index in [1.165, 1.54) is 30.2 Å². The van der Waals surface area contributed by atoms with Crippen molar-refractivity contribution >= 4 is 50.7 Å². The highest BCUT2D eigenvalue weighted by Crippen LogP contribution is 2.29. The molecule has 2 atom stereocenters. The molecule has 11 heteroatoms. The Balaban J connectivity index is 2.47. The molecule has 0 aromatic heterocycles. The van der Waals surface area contributed by atoms with Gasteiger partial charge in [0.05, 0.1) is 29.1 Å². The standard InChI is InChI=1S/C25H33Cl2N3O5S/c1-6-17(3)28-25(32)23(7-2)29(15-18-9-8-10-20(13-18)35-4)24(31)16-30(36(5,33)34)19-11-12-21(26)22(27)14-19/h8-14,17,23H,6-7,15-16H2,1-5H3,(H,28,32)/t17-,23-/m1/s1. The first kappa shape index (κ1) is 29.7. The molecule has 0 spiro atoms. The highest BCUT2D eigenvalue weighted by atomic mass is 35.5. The van der Waals surface area contributed by atoms with E-state index in [1.54, 1.807) is 25.1 Å². The largest absolute Gasteiger partial charge is 0.497 e. The SMILES string of the molecule is CC[C@@H](C)NC(=O)[C@@H](CC)N(Cc1cccc(OC)c1)C(=O)CN(c1ccc(Cl)c(Cl)c1)S(C)(=O)=O. The third kappa shape index (κ3) is 8.01. The average Bonchev–Trinajstić information content (AvgIpc) is 2.83. The lowest BCUT2D eigenvalue weighted by Crippen LogP contribution is -2.53. The molecule has 2 aromatic carbocycles. The molecule has 36 heavy (non-hydrogen) atoms. The fourth-order valence-electron chi connectivity index (χ4n) is 3.58. The van der Waals surface area contributed by atoms with Crippen molar-refractivity contribution < 1.29 is 22.7 Å². The molecule has 0 fully saturated rings. The maximum atomic E-state index is 13.7. The van der Waals surface area contributed by atoms with Gasteiger partial charge < -0.3 is 15.0 Å². The molecule has 198 valence electrons. The van der Waals surface area contributed by atoms with Gasteiger partial charge in [-0.15, -0.1) is 0 Å². The van der Waals surface area contributed by atoms with E-state index < -0.39 is 28.5 Å². The summed E-state index contributed by atoms with van der Waals surface area (Å²) in [6.45, 7) is 5.20. The number of carbonyl (C=O) groups excluding carboxylic acids is 2. The number of hydrogen-bond acceptors (Lipinski definition) is 5. The third-order valence-electron chi connectivity index (χ3n) is 5.74. The highest BCUT2D eigenvalue weighted by molar-refractivity contribution is 7.92. The van der Waals surface area contributed by atoms with E-state index in [4.69, 9.17) is 27.9 Å². The van der Waals surface area contributed by atoms with Gasteiger partial charge in [0.2, 0.25) is 21.8 Å². The summed E-state index contributed by atoms with van der Waals surface area (Å²) in [7, 11) is -2.33. The van der Waals surface area contributed by atoms with Crippen molar-refractivity contribution in [3.05, 3.63) is 58.1 Å². The Labute approximate surface area is 223 Å². The second kappa shape index (κ2) is 13.2. The number of amides is 2. The van der Waals surface area contributed by atoms with Gasteiger partial charge in [-0.2, -0.15) is 0 Å². The van der Waals surface area contributed by atoms with Crippen molar-refractivity contribution in [1.82, 2.24) is 10.2 Å². The summed E-state index contributed by atoms with van der Waals surface area (Å²) in [5.41, 5.74) is 0.927. The van der Waals surface area contributed by atoms with Crippen LogP contribution in [0.2, 0.25) is 10.0 Å². The van der Waals surface area contributed by atoms with Gasteiger partial charge in [-0.3, -0.25) is 13.9 Å². The van der Waals surface area contributed by atoms with Gasteiger partial charge in [-0.1, -0.05) is 49.2 Å². The monoisotopic (exact) mass is 557 g/mol. The number of nitrogens with one attached hydrogen (secondary N) is 1. The van der Waals surface area contributed by atoms with Crippen LogP contribution in [-0.2, 0) is 26.2 Å². The zero-order valence-corrected chi connectivity index (χ0v) is 23.5. The van der Waals surface area contributed by atoms with E-state index in [9.17, 15) is 18.0 Å². The van der Waals surface area contributed by atoms with Crippen molar-refractivity contribution in [2.75, 3.05) is 24.2 Å². The van der Waals surface area contributed by atoms with Gasteiger partial charge >= 0.3 is 0 Å². The summed E-state index contributed by atoms with van der Waals surface area (Å²) < 4.78 is 31.6. The number of hydrogen-bond donors (Lipinski definition) is 1. The average molecular weight is 559 g/mol. The smallest absolute Gasteiger partial charge is 0.244 e. The first-order valence-electron chi connectivity index (χ1n) is 11.6. The van der Waals surface area contributed by atoms with Gasteiger partial charge in [-0.05, 0) is 55.7 Å². The summed E-state index contributed by atoms with van der Waals surface area (Å²) in [6, 6.07) is 10.6. The normalized spacial score (nSPS) is 13.0. The van der Waals surface area contributed by atoms with E-state index in [0.717, 1.165) is 22.5 Å². The van der Waals surface area contributed by atoms with Crippen LogP contribution in [0.25, 0.3) is 0 Å². The second-order valence-corrected chi connectivity index (χ2v) is 11.2. The lowest BCUT2D eigenvalue weighted by molar-refractivity contribution is -0.140. The quantitative estimate of drug-likeness (QED) is 0.414. The van der Waals surface area contributed by atoms with Crippen LogP contribution in [-0.4, -0.2) is 57.1 Å². The maximum Gasteiger partial charge on any atom is 0.244 e. The Morgan fingerprint density at radius 2 is 1.75 bits per heavy atom. The molecule has 0 heterocycles. The van der Waals surface area contributed by atoms with Gasteiger partial charge in [0.1, 0.15) is 18.3 Å². The number of sulfonamides is 1. The minimum absolute atomic E-state index is 0.0796. The minimum Gasteiger partial charge on any atom is -0.497 e. The van der Waals surface area contributed by atoms with E-state index in [0.29, 0.717) is 12.2 Å². The number of methoxy groups -OCH3 is 1. The second-order valence-electron chi connectivity index (χ2n) is 8.48. The predicted molar refractivity (Wildman–Crippen MR) is 144 cm³/mol. The van der Waals surface area contributed by atoms with Crippen molar-refractivity contribution in [2.45, 2.75) is 52.2 Å². The Hall–Kier alpha value is -2.49. The van der Waals surface area contributed by atoms with Crippen LogP contribution in [0, 0.1) is 0 Å². The maximum absolute atomic E-state index is 13.7. The number of carbonyl (C=O) groups is 2. The molecule has 1 N–H and O–H groups in total. The first-order valence-corrected chi connectivity index (χ1v) is 14.2. The summed E-state index contributed by atoms with van der Waals surface area (Å²) >= 11 is 12.1. The Morgan fingerprint density at radius 3 is 2.31 bits per heavy atom. The molecule has 2 aromatic rings. The lowest BCUT2D eigenvalue weighted by Gasteiger charge is -2.33. The predicted octanol–water partition coefficient (Wildman–Crippen LogP) is 4.49. The number of halogens is 2. The molecule has 2 rings (SSSR count). The van der Waals surface area contributed by atoms with Crippen LogP contribution in [0.4, 0.5) is 5.69 Å². The summed E-state index contributed by atoms with van der Waals surface area (Å²) in [4.78, 5) is 28.2. The zero-order valence-electron chi connectivity index (χ0n) is 21.1. The molecule has 0 radical (unpaired) electrons. The highest BCUT2D eigenvalue weighted by Gasteiger charge is 2.32. The van der Waals surface area contributed by atoms with Gasteiger partial charge in [-0.25, -0.2) is 8.42 Å². The zero-order chi connectivity index (χ0) is 27.0. The van der Waals surface area contributed by atoms with Crippen LogP contribution >= 0.6 is 23.2 Å². The third-order valence-corrected chi connectivity index (χ3v) is 7.62. The van der Waals surface area contributed by atoms with Crippen molar-refractivity contribution in [3.8, 4) is 5.75 Å². The Morgan fingerprint density at radius 1 is 1.06 bits per heavy atom. The molecule has 0 aliphatic heterocycles. The lowest BCUT2D eigenvalue weighted by atomic mass is 10.1. The van der Waals surface area contributed by atoms with E-state index in [1.807, 2.05) is 19.9 Å². The molecular formula is C25H33Cl2N3O5S. The molecule has 2 amide bonds. The van der Waals surface area contributed by atoms with Gasteiger partial charge in [0, 0.05) is 12.6 Å². The molecule has 8 nitrogen and oxygen atoms in total. The Bertz CT molecular complexity index is 1180. The number of benzene rings is 2. The van der Waals surface area contributed by atoms with Crippen LogP contribution in [0.15, 0.2) is 42.5 Å². The number of rotatable bonds is 12. The summed E-state index contributed by atoms with van der Waals surface area (Å²) in [6.07, 6.45) is 2.07. The molecule has 0 saturated carbocycles. The van der Waals surface area contributed by atoms with E-state index >= 15 is 0 Å². The molecular weight excluding hydrogens is 525 g/mol. The van der Waals surface area contributed by atoms with Crippen LogP contribution in [0.5, 0.6) is 5.75 Å². The molecule has 0 saturated heterocycles. The van der Waals surface area contributed by atoms with Crippen LogP contribution in [0.1, 0.15) is 39.2 Å². The van der Waals surface area contributed by atoms with Gasteiger partial charge in [0.25, 0.3) is 0 Å². The number of ether oxygens (including phenoxy) is 1. The first-order chi connectivity index (χ1) is 16.9. The molecule has 0 bridgehead atoms. The van der Waals surface area contributed by atoms with Crippen LogP contribution < -0.4 is 14.4 Å². The van der Waals surface area contributed by atoms with E-state index in [-0.39, 0.29) is 34.2 Å². The number of nitrogens with zero attached hydrogens (tertiary/aromatic N) is 2. The molecule has 0 unspecified atom stereocenters. The molecule has 0 aliphatic rings. The fourth-order valence-corrected chi connectivity index (χ4v) is 4.72. The van der Waals surface area contributed by atoms with Crippen molar-refractivity contribution in [1.29, 1.82) is 0 Å². The van der Waals surface area contributed by atoms with Crippen LogP contribution in [0.3, 0.4) is 0 Å². The minimum atomic E-state index is -3.87.